The highest BCUT2D eigenvalue weighted by Gasteiger charge is 2.14. The lowest BCUT2D eigenvalue weighted by atomic mass is 10.2. The van der Waals surface area contributed by atoms with Crippen LogP contribution in [0.25, 0.3) is 0 Å². The van der Waals surface area contributed by atoms with E-state index in [9.17, 15) is 9.59 Å². The molecular weight excluding hydrogens is 367 g/mol. The molecule has 0 unspecified atom stereocenters. The van der Waals surface area contributed by atoms with Crippen LogP contribution in [0.4, 0.5) is 0 Å². The maximum Gasteiger partial charge on any atom is 0.251 e. The number of halogens is 2. The van der Waals surface area contributed by atoms with Crippen molar-refractivity contribution in [3.63, 3.8) is 0 Å². The summed E-state index contributed by atoms with van der Waals surface area (Å²) in [6.45, 7) is 0.369. The van der Waals surface area contributed by atoms with E-state index in [0.717, 1.165) is 5.56 Å². The first-order valence-electron chi connectivity index (χ1n) is 7.41. The third kappa shape index (κ3) is 4.35. The molecule has 0 saturated heterocycles. The largest absolute Gasteiger partial charge is 0.454 e. The Balaban J connectivity index is 1.47. The molecule has 8 heteroatoms. The van der Waals surface area contributed by atoms with Crippen molar-refractivity contribution in [3.05, 3.63) is 57.6 Å². The number of benzene rings is 2. The maximum atomic E-state index is 12.0. The number of nitrogens with one attached hydrogen (secondary N) is 2. The van der Waals surface area contributed by atoms with E-state index >= 15 is 0 Å². The molecule has 1 heterocycles. The Hall–Kier alpha value is -2.44. The zero-order valence-electron chi connectivity index (χ0n) is 13.0. The van der Waals surface area contributed by atoms with E-state index in [1.54, 1.807) is 12.1 Å². The Morgan fingerprint density at radius 1 is 0.960 bits per heavy atom. The second-order valence-electron chi connectivity index (χ2n) is 5.28. The molecule has 0 saturated carbocycles. The van der Waals surface area contributed by atoms with Crippen molar-refractivity contribution in [3.8, 4) is 11.5 Å². The van der Waals surface area contributed by atoms with Crippen LogP contribution in [-0.4, -0.2) is 25.2 Å². The van der Waals surface area contributed by atoms with E-state index in [4.69, 9.17) is 32.7 Å². The topological polar surface area (TPSA) is 76.7 Å². The molecule has 25 heavy (non-hydrogen) atoms. The molecule has 0 aromatic heterocycles. The van der Waals surface area contributed by atoms with Crippen molar-refractivity contribution in [1.29, 1.82) is 0 Å². The number of hydrogen-bond donors (Lipinski definition) is 2. The number of carbonyl (C=O) groups excluding carboxylic acids is 2. The van der Waals surface area contributed by atoms with Crippen molar-refractivity contribution in [2.45, 2.75) is 6.54 Å². The van der Waals surface area contributed by atoms with E-state index in [1.165, 1.54) is 18.2 Å². The third-order valence-electron chi connectivity index (χ3n) is 3.52. The van der Waals surface area contributed by atoms with Gasteiger partial charge in [0, 0.05) is 12.1 Å². The predicted octanol–water partition coefficient (Wildman–Crippen LogP) is 2.77. The number of hydrogen-bond acceptors (Lipinski definition) is 4. The molecule has 1 aliphatic heterocycles. The summed E-state index contributed by atoms with van der Waals surface area (Å²) in [6, 6.07) is 9.94. The summed E-state index contributed by atoms with van der Waals surface area (Å²) in [5.74, 6) is 0.617. The summed E-state index contributed by atoms with van der Waals surface area (Å²) in [7, 11) is 0. The molecule has 2 N–H and O–H groups in total. The zero-order chi connectivity index (χ0) is 17.8. The van der Waals surface area contributed by atoms with Crippen LogP contribution in [0, 0.1) is 0 Å². The van der Waals surface area contributed by atoms with Gasteiger partial charge in [-0.1, -0.05) is 29.3 Å². The normalized spacial score (nSPS) is 11.9. The van der Waals surface area contributed by atoms with E-state index in [-0.39, 0.29) is 24.3 Å². The first-order valence-corrected chi connectivity index (χ1v) is 8.17. The molecule has 130 valence electrons. The van der Waals surface area contributed by atoms with Gasteiger partial charge < -0.3 is 20.1 Å². The van der Waals surface area contributed by atoms with Gasteiger partial charge in [0.05, 0.1) is 16.6 Å². The van der Waals surface area contributed by atoms with Gasteiger partial charge >= 0.3 is 0 Å². The molecule has 0 bridgehead atoms. The van der Waals surface area contributed by atoms with Crippen LogP contribution >= 0.6 is 23.2 Å². The first kappa shape index (κ1) is 17.4. The van der Waals surface area contributed by atoms with Crippen molar-refractivity contribution < 1.29 is 19.1 Å². The first-order chi connectivity index (χ1) is 12.0. The van der Waals surface area contributed by atoms with E-state index in [0.29, 0.717) is 28.6 Å². The minimum absolute atomic E-state index is 0.149. The molecule has 1 aliphatic rings. The van der Waals surface area contributed by atoms with Crippen molar-refractivity contribution in [2.24, 2.45) is 0 Å². The van der Waals surface area contributed by atoms with Gasteiger partial charge in [-0.25, -0.2) is 0 Å². The highest BCUT2D eigenvalue weighted by atomic mass is 35.5. The summed E-state index contributed by atoms with van der Waals surface area (Å²) in [4.78, 5) is 23.9. The number of amides is 2. The van der Waals surface area contributed by atoms with Gasteiger partial charge in [-0.3, -0.25) is 9.59 Å². The van der Waals surface area contributed by atoms with Crippen LogP contribution in [0.2, 0.25) is 10.0 Å². The molecule has 0 radical (unpaired) electrons. The molecule has 0 fully saturated rings. The summed E-state index contributed by atoms with van der Waals surface area (Å²) >= 11 is 11.7. The highest BCUT2D eigenvalue weighted by Crippen LogP contribution is 2.32. The lowest BCUT2D eigenvalue weighted by molar-refractivity contribution is -0.120. The van der Waals surface area contributed by atoms with Gasteiger partial charge in [0.2, 0.25) is 12.7 Å². The summed E-state index contributed by atoms with van der Waals surface area (Å²) in [6.07, 6.45) is 0. The highest BCUT2D eigenvalue weighted by molar-refractivity contribution is 6.42. The smallest absolute Gasteiger partial charge is 0.251 e. The molecule has 2 amide bonds. The molecule has 0 atom stereocenters. The fourth-order valence-corrected chi connectivity index (χ4v) is 2.51. The molecular formula is C17H14Cl2N2O4. The van der Waals surface area contributed by atoms with Crippen LogP contribution < -0.4 is 20.1 Å². The number of rotatable bonds is 5. The molecule has 3 rings (SSSR count). The van der Waals surface area contributed by atoms with Gasteiger partial charge in [0.15, 0.2) is 11.5 Å². The van der Waals surface area contributed by atoms with Gasteiger partial charge in [-0.2, -0.15) is 0 Å². The minimum atomic E-state index is -0.406. The lowest BCUT2D eigenvalue weighted by Gasteiger charge is -2.08. The number of ether oxygens (including phenoxy) is 2. The SMILES string of the molecule is O=C(CNC(=O)c1ccc(Cl)c(Cl)c1)NCc1ccc2c(c1)OCO2. The van der Waals surface area contributed by atoms with Crippen molar-refractivity contribution in [2.75, 3.05) is 13.3 Å². The Labute approximate surface area is 154 Å². The second kappa shape index (κ2) is 7.63. The van der Waals surface area contributed by atoms with Crippen LogP contribution in [0.3, 0.4) is 0 Å². The van der Waals surface area contributed by atoms with Gasteiger partial charge in [0.25, 0.3) is 5.91 Å². The third-order valence-corrected chi connectivity index (χ3v) is 4.26. The van der Waals surface area contributed by atoms with Crippen LogP contribution in [0.15, 0.2) is 36.4 Å². The maximum absolute atomic E-state index is 12.0. The standard InChI is InChI=1S/C17H14Cl2N2O4/c18-12-3-2-11(6-13(12)19)17(23)21-8-16(22)20-7-10-1-4-14-15(5-10)25-9-24-14/h1-6H,7-9H2,(H,20,22)(H,21,23). The molecule has 0 spiro atoms. The quantitative estimate of drug-likeness (QED) is 0.835. The monoisotopic (exact) mass is 380 g/mol. The van der Waals surface area contributed by atoms with E-state index in [2.05, 4.69) is 10.6 Å². The van der Waals surface area contributed by atoms with Crippen molar-refractivity contribution >= 4 is 35.0 Å². The fraction of sp³-hybridized carbons (Fsp3) is 0.176. The van der Waals surface area contributed by atoms with Crippen LogP contribution in [0.1, 0.15) is 15.9 Å². The average Bonchev–Trinajstić information content (AvgIpc) is 3.08. The number of carbonyl (C=O) groups is 2. The van der Waals surface area contributed by atoms with Gasteiger partial charge in [-0.05, 0) is 35.9 Å². The predicted molar refractivity (Wildman–Crippen MR) is 93.2 cm³/mol. The molecule has 2 aromatic carbocycles. The lowest BCUT2D eigenvalue weighted by Crippen LogP contribution is -2.36. The van der Waals surface area contributed by atoms with Crippen LogP contribution in [0.5, 0.6) is 11.5 Å². The van der Waals surface area contributed by atoms with Crippen molar-refractivity contribution in [1.82, 2.24) is 10.6 Å². The second-order valence-corrected chi connectivity index (χ2v) is 6.09. The number of fused-ring (bicyclic) bond motifs is 1. The van der Waals surface area contributed by atoms with E-state index < -0.39 is 5.91 Å². The molecule has 2 aromatic rings. The molecule has 0 aliphatic carbocycles. The molecule has 6 nitrogen and oxygen atoms in total. The Kier molecular flexibility index (Phi) is 5.31. The van der Waals surface area contributed by atoms with Gasteiger partial charge in [-0.15, -0.1) is 0 Å². The Morgan fingerprint density at radius 3 is 2.56 bits per heavy atom. The van der Waals surface area contributed by atoms with E-state index in [1.807, 2.05) is 6.07 Å². The summed E-state index contributed by atoms with van der Waals surface area (Å²) in [5, 5.41) is 5.89. The zero-order valence-corrected chi connectivity index (χ0v) is 14.5. The average molecular weight is 381 g/mol. The summed E-state index contributed by atoms with van der Waals surface area (Å²) in [5.41, 5.74) is 1.20. The Bertz CT molecular complexity index is 826. The summed E-state index contributed by atoms with van der Waals surface area (Å²) < 4.78 is 10.5. The fourth-order valence-electron chi connectivity index (χ4n) is 2.21. The Morgan fingerprint density at radius 2 is 1.76 bits per heavy atom. The van der Waals surface area contributed by atoms with Gasteiger partial charge in [0.1, 0.15) is 0 Å². The van der Waals surface area contributed by atoms with Crippen LogP contribution in [-0.2, 0) is 11.3 Å². The minimum Gasteiger partial charge on any atom is -0.454 e.